The molecule has 2 amide bonds. The summed E-state index contributed by atoms with van der Waals surface area (Å²) in [6, 6.07) is 12.0. The molecule has 1 aliphatic heterocycles. The number of hydrogen-bond acceptors (Lipinski definition) is 4. The van der Waals surface area contributed by atoms with E-state index in [4.69, 9.17) is 4.74 Å². The minimum absolute atomic E-state index is 0.134. The van der Waals surface area contributed by atoms with Crippen molar-refractivity contribution >= 4 is 79.1 Å². The minimum Gasteiger partial charge on any atom is -0.487 e. The summed E-state index contributed by atoms with van der Waals surface area (Å²) < 4.78 is 9.01. The second-order valence-electron chi connectivity index (χ2n) is 9.12. The monoisotopic (exact) mass is 728 g/mol. The molecule has 0 radical (unpaired) electrons. The van der Waals surface area contributed by atoms with E-state index in [1.165, 1.54) is 0 Å². The zero-order valence-corrected chi connectivity index (χ0v) is 23.2. The fourth-order valence-corrected chi connectivity index (χ4v) is 8.10. The van der Waals surface area contributed by atoms with Crippen molar-refractivity contribution in [3.8, 4) is 5.75 Å². The van der Waals surface area contributed by atoms with Crippen molar-refractivity contribution in [3.63, 3.8) is 0 Å². The molecule has 3 fully saturated rings. The molecule has 5 aliphatic rings. The smallest absolute Gasteiger partial charge is 0.254 e. The Hall–Kier alpha value is -1.27. The van der Waals surface area contributed by atoms with Crippen molar-refractivity contribution in [2.24, 2.45) is 40.6 Å². The van der Waals surface area contributed by atoms with Crippen LogP contribution in [-0.4, -0.2) is 23.0 Å². The second-order valence-corrected chi connectivity index (χ2v) is 12.4. The topological polar surface area (TPSA) is 59.0 Å². The number of nitrogens with zero attached hydrogens (tertiary/aromatic N) is 2. The number of imide groups is 1. The zero-order chi connectivity index (χ0) is 22.9. The van der Waals surface area contributed by atoms with Crippen LogP contribution in [0.5, 0.6) is 5.75 Å². The standard InChI is InChI=1S/C25H19BrI2N2O3/c26-14-3-1-12(2-4-14)11-33-23-19(27)7-13(8-20(23)28)10-29-30-24(31)21-15-5-6-16(18-9-17(15)18)22(21)25(30)32/h1-8,10,15-18,21-22H,9,11H2. The number of ether oxygens (including phenoxy) is 1. The summed E-state index contributed by atoms with van der Waals surface area (Å²) in [4.78, 5) is 26.2. The van der Waals surface area contributed by atoms with Gasteiger partial charge in [0.05, 0.1) is 25.2 Å². The molecular weight excluding hydrogens is 710 g/mol. The van der Waals surface area contributed by atoms with E-state index in [2.05, 4.69) is 78.4 Å². The van der Waals surface area contributed by atoms with Crippen molar-refractivity contribution in [2.75, 3.05) is 0 Å². The Morgan fingerprint density at radius 1 is 1.00 bits per heavy atom. The fraction of sp³-hybridized carbons (Fsp3) is 0.320. The molecule has 5 nitrogen and oxygen atoms in total. The maximum absolute atomic E-state index is 13.1. The van der Waals surface area contributed by atoms with Crippen LogP contribution in [0, 0.1) is 42.6 Å². The van der Waals surface area contributed by atoms with Gasteiger partial charge in [0, 0.05) is 4.47 Å². The van der Waals surface area contributed by atoms with Crippen LogP contribution in [0.25, 0.3) is 0 Å². The lowest BCUT2D eigenvalue weighted by Gasteiger charge is -2.37. The van der Waals surface area contributed by atoms with Gasteiger partial charge in [0.1, 0.15) is 12.4 Å². The molecule has 33 heavy (non-hydrogen) atoms. The maximum Gasteiger partial charge on any atom is 0.254 e. The Kier molecular flexibility index (Phi) is 5.68. The highest BCUT2D eigenvalue weighted by Crippen LogP contribution is 2.65. The fourth-order valence-electron chi connectivity index (χ4n) is 5.71. The summed E-state index contributed by atoms with van der Waals surface area (Å²) in [6.07, 6.45) is 7.13. The van der Waals surface area contributed by atoms with E-state index in [0.29, 0.717) is 18.4 Å². The summed E-state index contributed by atoms with van der Waals surface area (Å²) in [5.41, 5.74) is 1.92. The molecule has 0 spiro atoms. The van der Waals surface area contributed by atoms with Crippen LogP contribution in [-0.2, 0) is 16.2 Å². The number of hydrogen-bond donors (Lipinski definition) is 0. The van der Waals surface area contributed by atoms with Crippen LogP contribution in [0.4, 0.5) is 0 Å². The number of halogens is 3. The average Bonchev–Trinajstić information content (AvgIpc) is 3.57. The molecule has 6 unspecified atom stereocenters. The Balaban J connectivity index is 1.18. The molecular formula is C25H19BrI2N2O3. The summed E-state index contributed by atoms with van der Waals surface area (Å²) in [7, 11) is 0. The Bertz CT molecular complexity index is 1170. The first-order valence-electron chi connectivity index (χ1n) is 10.9. The molecule has 1 saturated heterocycles. The molecule has 168 valence electrons. The molecule has 2 aromatic carbocycles. The van der Waals surface area contributed by atoms with Crippen LogP contribution in [0.15, 0.2) is 58.1 Å². The number of allylic oxidation sites excluding steroid dienone is 2. The molecule has 0 N–H and O–H groups in total. The molecule has 1 heterocycles. The predicted octanol–water partition coefficient (Wildman–Crippen LogP) is 5.62. The minimum atomic E-state index is -0.219. The van der Waals surface area contributed by atoms with Crippen LogP contribution >= 0.6 is 61.1 Å². The van der Waals surface area contributed by atoms with Gasteiger partial charge in [0.25, 0.3) is 11.8 Å². The molecule has 2 aromatic rings. The Morgan fingerprint density at radius 3 is 2.15 bits per heavy atom. The lowest BCUT2D eigenvalue weighted by Crippen LogP contribution is -2.40. The van der Waals surface area contributed by atoms with Gasteiger partial charge in [-0.15, -0.1) is 0 Å². The third-order valence-electron chi connectivity index (χ3n) is 7.28. The molecule has 4 aliphatic carbocycles. The SMILES string of the molecule is O=C1C2C3C=CC(C4CC34)C2C(=O)N1N=Cc1cc(I)c(OCc2ccc(Br)cc2)c(I)c1. The van der Waals surface area contributed by atoms with Crippen molar-refractivity contribution in [2.45, 2.75) is 13.0 Å². The number of hydrazone groups is 1. The van der Waals surface area contributed by atoms with Gasteiger partial charge in [-0.3, -0.25) is 9.59 Å². The van der Waals surface area contributed by atoms with Gasteiger partial charge in [0.15, 0.2) is 0 Å². The molecule has 2 bridgehead atoms. The highest BCUT2D eigenvalue weighted by Gasteiger charge is 2.67. The van der Waals surface area contributed by atoms with E-state index in [1.54, 1.807) is 6.21 Å². The summed E-state index contributed by atoms with van der Waals surface area (Å²) in [6.45, 7) is 0.477. The second kappa shape index (κ2) is 8.44. The van der Waals surface area contributed by atoms with E-state index in [-0.39, 0.29) is 35.5 Å². The number of amides is 2. The van der Waals surface area contributed by atoms with Gasteiger partial charge >= 0.3 is 0 Å². The maximum atomic E-state index is 13.1. The highest BCUT2D eigenvalue weighted by molar-refractivity contribution is 14.1. The third-order valence-corrected chi connectivity index (χ3v) is 9.41. The zero-order valence-electron chi connectivity index (χ0n) is 17.3. The highest BCUT2D eigenvalue weighted by atomic mass is 127. The van der Waals surface area contributed by atoms with E-state index < -0.39 is 0 Å². The summed E-state index contributed by atoms with van der Waals surface area (Å²) in [5.74, 6) is 1.72. The van der Waals surface area contributed by atoms with Gasteiger partial charge in [-0.2, -0.15) is 10.1 Å². The lowest BCUT2D eigenvalue weighted by molar-refractivity contribution is -0.140. The van der Waals surface area contributed by atoms with Crippen molar-refractivity contribution < 1.29 is 14.3 Å². The van der Waals surface area contributed by atoms with Gasteiger partial charge in [-0.25, -0.2) is 0 Å². The average molecular weight is 729 g/mol. The number of benzene rings is 2. The lowest BCUT2D eigenvalue weighted by atomic mass is 9.63. The van der Waals surface area contributed by atoms with Crippen molar-refractivity contribution in [1.29, 1.82) is 0 Å². The molecule has 6 atom stereocenters. The molecule has 0 aromatic heterocycles. The van der Waals surface area contributed by atoms with Crippen LogP contribution < -0.4 is 4.74 Å². The number of carbonyl (C=O) groups excluding carboxylic acids is 2. The van der Waals surface area contributed by atoms with Crippen LogP contribution in [0.1, 0.15) is 17.5 Å². The summed E-state index contributed by atoms with van der Waals surface area (Å²) in [5, 5.41) is 5.49. The van der Waals surface area contributed by atoms with Crippen molar-refractivity contribution in [3.05, 3.63) is 71.3 Å². The Labute approximate surface area is 227 Å². The van der Waals surface area contributed by atoms with E-state index in [1.807, 2.05) is 36.4 Å². The number of rotatable bonds is 5. The van der Waals surface area contributed by atoms with Crippen molar-refractivity contribution in [1.82, 2.24) is 5.01 Å². The van der Waals surface area contributed by atoms with Gasteiger partial charge < -0.3 is 4.74 Å². The quantitative estimate of drug-likeness (QED) is 0.174. The van der Waals surface area contributed by atoms with E-state index in [9.17, 15) is 9.59 Å². The molecule has 7 rings (SSSR count). The first-order valence-corrected chi connectivity index (χ1v) is 13.8. The number of carbonyl (C=O) groups is 2. The largest absolute Gasteiger partial charge is 0.487 e. The third kappa shape index (κ3) is 3.80. The molecule has 8 heteroatoms. The van der Waals surface area contributed by atoms with Gasteiger partial charge in [0.2, 0.25) is 0 Å². The van der Waals surface area contributed by atoms with Gasteiger partial charge in [-0.05, 0) is 111 Å². The normalized spacial score (nSPS) is 31.3. The van der Waals surface area contributed by atoms with E-state index in [0.717, 1.165) is 39.9 Å². The first kappa shape index (κ1) is 22.2. The van der Waals surface area contributed by atoms with Crippen LogP contribution in [0.2, 0.25) is 0 Å². The van der Waals surface area contributed by atoms with E-state index >= 15 is 0 Å². The van der Waals surface area contributed by atoms with Gasteiger partial charge in [-0.1, -0.05) is 40.2 Å². The summed E-state index contributed by atoms with van der Waals surface area (Å²) >= 11 is 7.94. The Morgan fingerprint density at radius 2 is 1.58 bits per heavy atom. The molecule has 2 saturated carbocycles. The predicted molar refractivity (Wildman–Crippen MR) is 144 cm³/mol. The van der Waals surface area contributed by atoms with Crippen LogP contribution in [0.3, 0.4) is 0 Å². The first-order chi connectivity index (χ1) is 15.9.